The van der Waals surface area contributed by atoms with Gasteiger partial charge in [0.15, 0.2) is 0 Å². The molecule has 1 aliphatic heterocycles. The van der Waals surface area contributed by atoms with Gasteiger partial charge in [-0.25, -0.2) is 0 Å². The predicted octanol–water partition coefficient (Wildman–Crippen LogP) is 0.404. The zero-order valence-electron chi connectivity index (χ0n) is 8.76. The fraction of sp³-hybridized carbons (Fsp3) is 0.800. The lowest BCUT2D eigenvalue weighted by Gasteiger charge is -2.26. The summed E-state index contributed by atoms with van der Waals surface area (Å²) in [7, 11) is 0. The van der Waals surface area contributed by atoms with Gasteiger partial charge in [-0.2, -0.15) is 5.26 Å². The molecule has 0 radical (unpaired) electrons. The average Bonchev–Trinajstić information content (AvgIpc) is 2.19. The largest absolute Gasteiger partial charge is 0.352 e. The Balaban J connectivity index is 2.44. The Hall–Kier alpha value is -1.08. The van der Waals surface area contributed by atoms with Crippen LogP contribution >= 0.6 is 0 Å². The van der Waals surface area contributed by atoms with Crippen molar-refractivity contribution in [2.24, 2.45) is 5.41 Å². The van der Waals surface area contributed by atoms with Crippen molar-refractivity contribution in [3.8, 4) is 6.07 Å². The minimum Gasteiger partial charge on any atom is -0.352 e. The van der Waals surface area contributed by atoms with Crippen molar-refractivity contribution in [3.63, 3.8) is 0 Å². The number of hydrogen-bond donors (Lipinski definition) is 2. The average molecular weight is 195 g/mol. The third kappa shape index (κ3) is 2.71. The van der Waals surface area contributed by atoms with Gasteiger partial charge in [0.2, 0.25) is 5.91 Å². The zero-order valence-corrected chi connectivity index (χ0v) is 8.76. The molecule has 14 heavy (non-hydrogen) atoms. The zero-order chi connectivity index (χ0) is 10.6. The van der Waals surface area contributed by atoms with Crippen LogP contribution in [0.5, 0.6) is 0 Å². The number of hydrogen-bond acceptors (Lipinski definition) is 3. The molecule has 1 aliphatic rings. The summed E-state index contributed by atoms with van der Waals surface area (Å²) in [6, 6.07) is 2.24. The Morgan fingerprint density at radius 2 is 2.07 bits per heavy atom. The summed E-state index contributed by atoms with van der Waals surface area (Å²) in [5, 5.41) is 14.9. The molecule has 0 saturated carbocycles. The molecule has 0 aromatic carbocycles. The molecule has 0 aromatic heterocycles. The summed E-state index contributed by atoms with van der Waals surface area (Å²) in [6.45, 7) is 5.17. The van der Waals surface area contributed by atoms with E-state index in [-0.39, 0.29) is 11.9 Å². The Labute approximate surface area is 84.7 Å². The van der Waals surface area contributed by atoms with Crippen molar-refractivity contribution in [3.05, 3.63) is 0 Å². The highest BCUT2D eigenvalue weighted by Crippen LogP contribution is 2.14. The summed E-state index contributed by atoms with van der Waals surface area (Å²) in [5.41, 5.74) is -0.912. The second-order valence-corrected chi connectivity index (χ2v) is 4.23. The van der Waals surface area contributed by atoms with Crippen LogP contribution in [0.4, 0.5) is 0 Å². The molecule has 0 bridgehead atoms. The Morgan fingerprint density at radius 3 is 2.57 bits per heavy atom. The summed E-state index contributed by atoms with van der Waals surface area (Å²) in [6.07, 6.45) is 1.90. The van der Waals surface area contributed by atoms with Crippen LogP contribution in [0.3, 0.4) is 0 Å². The third-order valence-corrected chi connectivity index (χ3v) is 2.52. The number of carbonyl (C=O) groups is 1. The number of nitriles is 1. The van der Waals surface area contributed by atoms with Gasteiger partial charge in [0.1, 0.15) is 5.41 Å². The molecule has 2 N–H and O–H groups in total. The van der Waals surface area contributed by atoms with Crippen molar-refractivity contribution >= 4 is 5.91 Å². The first-order chi connectivity index (χ1) is 6.56. The van der Waals surface area contributed by atoms with E-state index in [2.05, 4.69) is 10.6 Å². The highest BCUT2D eigenvalue weighted by Gasteiger charge is 2.29. The van der Waals surface area contributed by atoms with E-state index in [0.29, 0.717) is 0 Å². The van der Waals surface area contributed by atoms with Crippen LogP contribution in [0.15, 0.2) is 0 Å². The minimum absolute atomic E-state index is 0.160. The van der Waals surface area contributed by atoms with E-state index in [1.165, 1.54) is 0 Å². The Bertz CT molecular complexity index is 249. The standard InChI is InChI=1S/C10H17N3O/c1-10(2,7-11)9(14)13-8-3-5-12-6-4-8/h8,12H,3-6H2,1-2H3,(H,13,14). The van der Waals surface area contributed by atoms with Crippen molar-refractivity contribution in [1.29, 1.82) is 5.26 Å². The van der Waals surface area contributed by atoms with Gasteiger partial charge in [-0.15, -0.1) is 0 Å². The maximum atomic E-state index is 11.6. The topological polar surface area (TPSA) is 64.9 Å². The lowest BCUT2D eigenvalue weighted by Crippen LogP contribution is -2.46. The molecular weight excluding hydrogens is 178 g/mol. The maximum absolute atomic E-state index is 11.6. The summed E-state index contributed by atoms with van der Waals surface area (Å²) >= 11 is 0. The first-order valence-electron chi connectivity index (χ1n) is 4.99. The van der Waals surface area contributed by atoms with Crippen LogP contribution in [-0.4, -0.2) is 25.0 Å². The highest BCUT2D eigenvalue weighted by molar-refractivity contribution is 5.84. The predicted molar refractivity (Wildman–Crippen MR) is 53.4 cm³/mol. The molecule has 1 saturated heterocycles. The van der Waals surface area contributed by atoms with Crippen LogP contribution in [0.1, 0.15) is 26.7 Å². The normalized spacial score (nSPS) is 18.6. The van der Waals surface area contributed by atoms with E-state index in [0.717, 1.165) is 25.9 Å². The monoisotopic (exact) mass is 195 g/mol. The van der Waals surface area contributed by atoms with Crippen molar-refractivity contribution in [2.45, 2.75) is 32.7 Å². The van der Waals surface area contributed by atoms with Crippen molar-refractivity contribution < 1.29 is 4.79 Å². The van der Waals surface area contributed by atoms with Crippen LogP contribution < -0.4 is 10.6 Å². The molecule has 4 nitrogen and oxygen atoms in total. The number of amides is 1. The fourth-order valence-corrected chi connectivity index (χ4v) is 1.38. The van der Waals surface area contributed by atoms with E-state index < -0.39 is 5.41 Å². The molecule has 0 aliphatic carbocycles. The molecule has 1 fully saturated rings. The third-order valence-electron chi connectivity index (χ3n) is 2.52. The van der Waals surface area contributed by atoms with Crippen LogP contribution in [-0.2, 0) is 4.79 Å². The first-order valence-corrected chi connectivity index (χ1v) is 4.99. The molecule has 1 heterocycles. The first kappa shape index (κ1) is 11.0. The number of piperidine rings is 1. The van der Waals surface area contributed by atoms with Gasteiger partial charge in [0.05, 0.1) is 6.07 Å². The molecular formula is C10H17N3O. The van der Waals surface area contributed by atoms with Crippen LogP contribution in [0.25, 0.3) is 0 Å². The van der Waals surface area contributed by atoms with Gasteiger partial charge < -0.3 is 10.6 Å². The Morgan fingerprint density at radius 1 is 1.50 bits per heavy atom. The maximum Gasteiger partial charge on any atom is 0.240 e. The number of nitrogens with zero attached hydrogens (tertiary/aromatic N) is 1. The fourth-order valence-electron chi connectivity index (χ4n) is 1.38. The minimum atomic E-state index is -0.912. The second-order valence-electron chi connectivity index (χ2n) is 4.23. The summed E-state index contributed by atoms with van der Waals surface area (Å²) in [4.78, 5) is 11.6. The van der Waals surface area contributed by atoms with Gasteiger partial charge in [-0.1, -0.05) is 0 Å². The van der Waals surface area contributed by atoms with Crippen molar-refractivity contribution in [1.82, 2.24) is 10.6 Å². The lowest BCUT2D eigenvalue weighted by molar-refractivity contribution is -0.127. The highest BCUT2D eigenvalue weighted by atomic mass is 16.2. The number of nitrogens with one attached hydrogen (secondary N) is 2. The quantitative estimate of drug-likeness (QED) is 0.670. The van der Waals surface area contributed by atoms with Gasteiger partial charge in [-0.05, 0) is 39.8 Å². The second kappa shape index (κ2) is 4.43. The van der Waals surface area contributed by atoms with Gasteiger partial charge in [-0.3, -0.25) is 4.79 Å². The van der Waals surface area contributed by atoms with E-state index in [4.69, 9.17) is 5.26 Å². The molecule has 1 rings (SSSR count). The van der Waals surface area contributed by atoms with E-state index in [9.17, 15) is 4.79 Å². The van der Waals surface area contributed by atoms with Crippen LogP contribution in [0, 0.1) is 16.7 Å². The van der Waals surface area contributed by atoms with E-state index >= 15 is 0 Å². The van der Waals surface area contributed by atoms with Gasteiger partial charge in [0.25, 0.3) is 0 Å². The molecule has 0 atom stereocenters. The molecule has 0 aromatic rings. The van der Waals surface area contributed by atoms with E-state index in [1.807, 2.05) is 6.07 Å². The molecule has 0 unspecified atom stereocenters. The molecule has 4 heteroatoms. The number of rotatable bonds is 2. The van der Waals surface area contributed by atoms with E-state index in [1.54, 1.807) is 13.8 Å². The van der Waals surface area contributed by atoms with Crippen LogP contribution in [0.2, 0.25) is 0 Å². The lowest BCUT2D eigenvalue weighted by atomic mass is 9.93. The summed E-state index contributed by atoms with van der Waals surface area (Å²) in [5.74, 6) is -0.160. The van der Waals surface area contributed by atoms with Crippen molar-refractivity contribution in [2.75, 3.05) is 13.1 Å². The SMILES string of the molecule is CC(C)(C#N)C(=O)NC1CCNCC1. The van der Waals surface area contributed by atoms with Gasteiger partial charge >= 0.3 is 0 Å². The molecule has 0 spiro atoms. The number of carbonyl (C=O) groups excluding carboxylic acids is 1. The summed E-state index contributed by atoms with van der Waals surface area (Å²) < 4.78 is 0. The molecule has 78 valence electrons. The Kier molecular flexibility index (Phi) is 3.48. The van der Waals surface area contributed by atoms with Gasteiger partial charge in [0, 0.05) is 6.04 Å². The smallest absolute Gasteiger partial charge is 0.240 e. The molecule has 1 amide bonds.